The summed E-state index contributed by atoms with van der Waals surface area (Å²) in [6, 6.07) is 0.340. The molecule has 0 aromatic rings. The Kier molecular flexibility index (Phi) is 8.49. The van der Waals surface area contributed by atoms with E-state index in [0.717, 1.165) is 5.71 Å². The van der Waals surface area contributed by atoms with Crippen LogP contribution in [0.3, 0.4) is 0 Å². The van der Waals surface area contributed by atoms with Gasteiger partial charge < -0.3 is 9.64 Å². The number of ether oxygens (including phenoxy) is 1. The first-order chi connectivity index (χ1) is 10.3. The van der Waals surface area contributed by atoms with Gasteiger partial charge in [-0.3, -0.25) is 4.79 Å². The van der Waals surface area contributed by atoms with E-state index in [0.29, 0.717) is 12.5 Å². The maximum Gasteiger partial charge on any atom is 0.310 e. The normalized spacial score (nSPS) is 14.0. The molecule has 0 heterocycles. The van der Waals surface area contributed by atoms with Crippen LogP contribution in [0, 0.1) is 5.92 Å². The second kappa shape index (κ2) is 9.04. The van der Waals surface area contributed by atoms with Crippen LogP contribution in [0.2, 0.25) is 0 Å². The van der Waals surface area contributed by atoms with Gasteiger partial charge in [0.1, 0.15) is 5.60 Å². The van der Waals surface area contributed by atoms with Crippen molar-refractivity contribution in [2.24, 2.45) is 15.9 Å². The molecule has 1 unspecified atom stereocenters. The van der Waals surface area contributed by atoms with Crippen LogP contribution in [0.15, 0.2) is 9.98 Å². The van der Waals surface area contributed by atoms with E-state index in [2.05, 4.69) is 28.7 Å². The minimum absolute atomic E-state index is 0.145. The van der Waals surface area contributed by atoms with Crippen LogP contribution in [0.25, 0.3) is 0 Å². The Morgan fingerprint density at radius 3 is 1.96 bits per heavy atom. The summed E-state index contributed by atoms with van der Waals surface area (Å²) in [4.78, 5) is 23.5. The van der Waals surface area contributed by atoms with Crippen LogP contribution < -0.4 is 0 Å². The van der Waals surface area contributed by atoms with Gasteiger partial charge in [0.25, 0.3) is 0 Å². The molecule has 0 bridgehead atoms. The van der Waals surface area contributed by atoms with Crippen LogP contribution >= 0.6 is 0 Å². The smallest absolute Gasteiger partial charge is 0.310 e. The molecular formula is C18H35N3O2. The Bertz CT molecular complexity index is 442. The molecule has 0 aliphatic heterocycles. The maximum absolute atomic E-state index is 12.3. The Morgan fingerprint density at radius 1 is 1.09 bits per heavy atom. The maximum atomic E-state index is 12.3. The highest BCUT2D eigenvalue weighted by atomic mass is 16.6. The number of carbonyl (C=O) groups excluding carboxylic acids is 1. The second-order valence-corrected chi connectivity index (χ2v) is 7.76. The summed E-state index contributed by atoms with van der Waals surface area (Å²) in [6.45, 7) is 20.2. The number of aliphatic imine (C=N–C) groups is 2. The quantitative estimate of drug-likeness (QED) is 0.437. The van der Waals surface area contributed by atoms with Gasteiger partial charge in [-0.15, -0.1) is 0 Å². The van der Waals surface area contributed by atoms with Gasteiger partial charge in [0.15, 0.2) is 0 Å². The molecule has 0 saturated carbocycles. The van der Waals surface area contributed by atoms with Crippen LogP contribution in [0.5, 0.6) is 0 Å². The van der Waals surface area contributed by atoms with Gasteiger partial charge in [-0.05, 0) is 62.3 Å². The molecule has 0 rings (SSSR count). The number of esters is 1. The van der Waals surface area contributed by atoms with E-state index < -0.39 is 5.60 Å². The third-order valence-electron chi connectivity index (χ3n) is 2.86. The molecule has 0 N–H and O–H groups in total. The van der Waals surface area contributed by atoms with Crippen molar-refractivity contribution in [2.45, 2.75) is 86.9 Å². The summed E-state index contributed by atoms with van der Waals surface area (Å²) < 4.78 is 5.48. The minimum atomic E-state index is -0.471. The van der Waals surface area contributed by atoms with Crippen molar-refractivity contribution in [1.82, 2.24) is 4.90 Å². The fourth-order valence-corrected chi connectivity index (χ4v) is 1.89. The highest BCUT2D eigenvalue weighted by Crippen LogP contribution is 2.14. The number of rotatable bonds is 5. The highest BCUT2D eigenvalue weighted by molar-refractivity contribution is 5.95. The van der Waals surface area contributed by atoms with Gasteiger partial charge in [0, 0.05) is 24.3 Å². The molecule has 134 valence electrons. The van der Waals surface area contributed by atoms with Crippen molar-refractivity contribution < 1.29 is 9.53 Å². The number of guanidine groups is 1. The summed E-state index contributed by atoms with van der Waals surface area (Å²) >= 11 is 0. The largest absolute Gasteiger partial charge is 0.460 e. The second-order valence-electron chi connectivity index (χ2n) is 7.76. The molecule has 0 aliphatic rings. The van der Waals surface area contributed by atoms with E-state index in [9.17, 15) is 4.79 Å². The van der Waals surface area contributed by atoms with Crippen LogP contribution in [-0.4, -0.2) is 46.8 Å². The zero-order chi connectivity index (χ0) is 18.4. The van der Waals surface area contributed by atoms with E-state index in [1.165, 1.54) is 0 Å². The highest BCUT2D eigenvalue weighted by Gasteiger charge is 2.26. The van der Waals surface area contributed by atoms with Crippen molar-refractivity contribution in [1.29, 1.82) is 0 Å². The van der Waals surface area contributed by atoms with Crippen molar-refractivity contribution >= 4 is 17.6 Å². The number of nitrogens with zero attached hydrogens (tertiary/aromatic N) is 3. The van der Waals surface area contributed by atoms with Crippen molar-refractivity contribution in [3.8, 4) is 0 Å². The third kappa shape index (κ3) is 9.36. The van der Waals surface area contributed by atoms with Crippen LogP contribution in [-0.2, 0) is 9.53 Å². The molecule has 0 saturated heterocycles. The van der Waals surface area contributed by atoms with Crippen molar-refractivity contribution in [3.05, 3.63) is 0 Å². The predicted molar refractivity (Wildman–Crippen MR) is 98.2 cm³/mol. The molecule has 0 spiro atoms. The molecule has 0 fully saturated rings. The van der Waals surface area contributed by atoms with Gasteiger partial charge >= 0.3 is 5.97 Å². The third-order valence-corrected chi connectivity index (χ3v) is 2.86. The lowest BCUT2D eigenvalue weighted by molar-refractivity contribution is -0.159. The molecule has 23 heavy (non-hydrogen) atoms. The van der Waals surface area contributed by atoms with Crippen molar-refractivity contribution in [2.75, 3.05) is 6.54 Å². The first-order valence-electron chi connectivity index (χ1n) is 8.42. The van der Waals surface area contributed by atoms with E-state index in [-0.39, 0.29) is 24.0 Å². The van der Waals surface area contributed by atoms with Gasteiger partial charge in [0.2, 0.25) is 5.96 Å². The lowest BCUT2D eigenvalue weighted by atomic mass is 10.1. The molecule has 0 aromatic carbocycles. The zero-order valence-electron chi connectivity index (χ0n) is 16.6. The average molecular weight is 325 g/mol. The molecule has 1 atom stereocenters. The zero-order valence-corrected chi connectivity index (χ0v) is 16.6. The standard InChI is InChI=1S/C18H35N3O2/c1-12(2)19-17(20-13(3)4)21(14(5)6)11-15(7)16(22)23-18(8,9)10/h12,14-15H,11H2,1-10H3. The molecule has 5 nitrogen and oxygen atoms in total. The summed E-state index contributed by atoms with van der Waals surface area (Å²) in [6.07, 6.45) is 0. The lowest BCUT2D eigenvalue weighted by Gasteiger charge is -2.31. The number of hydrogen-bond donors (Lipinski definition) is 0. The van der Waals surface area contributed by atoms with Gasteiger partial charge in [-0.2, -0.15) is 0 Å². The SMILES string of the molecule is CC(C)=NC(=NC(C)C)N(CC(C)C(=O)OC(C)(C)C)C(C)C. The average Bonchev–Trinajstić information content (AvgIpc) is 2.30. The number of hydrogen-bond acceptors (Lipinski definition) is 3. The monoisotopic (exact) mass is 325 g/mol. The van der Waals surface area contributed by atoms with Crippen LogP contribution in [0.4, 0.5) is 0 Å². The Hall–Kier alpha value is -1.39. The Labute approximate surface area is 142 Å². The lowest BCUT2D eigenvalue weighted by Crippen LogP contribution is -2.42. The Balaban J connectivity index is 5.31. The fourth-order valence-electron chi connectivity index (χ4n) is 1.89. The summed E-state index contributed by atoms with van der Waals surface area (Å²) in [5, 5.41) is 0. The molecule has 0 radical (unpaired) electrons. The first kappa shape index (κ1) is 21.6. The topological polar surface area (TPSA) is 54.3 Å². The molecule has 0 aromatic heterocycles. The summed E-state index contributed by atoms with van der Waals surface area (Å²) in [7, 11) is 0. The van der Waals surface area contributed by atoms with Gasteiger partial charge in [-0.25, -0.2) is 9.98 Å². The van der Waals surface area contributed by atoms with Crippen LogP contribution in [0.1, 0.15) is 69.2 Å². The molecular weight excluding hydrogens is 290 g/mol. The molecule has 0 amide bonds. The first-order valence-corrected chi connectivity index (χ1v) is 8.42. The van der Waals surface area contributed by atoms with Crippen molar-refractivity contribution in [3.63, 3.8) is 0 Å². The van der Waals surface area contributed by atoms with Gasteiger partial charge in [-0.1, -0.05) is 6.92 Å². The van der Waals surface area contributed by atoms with E-state index >= 15 is 0 Å². The number of carbonyl (C=O) groups is 1. The minimum Gasteiger partial charge on any atom is -0.460 e. The fraction of sp³-hybridized carbons (Fsp3) is 0.833. The van der Waals surface area contributed by atoms with E-state index in [1.54, 1.807) is 0 Å². The van der Waals surface area contributed by atoms with E-state index in [4.69, 9.17) is 4.74 Å². The van der Waals surface area contributed by atoms with Gasteiger partial charge in [0.05, 0.1) is 5.92 Å². The summed E-state index contributed by atoms with van der Waals surface area (Å²) in [5.74, 6) is 0.246. The van der Waals surface area contributed by atoms with E-state index in [1.807, 2.05) is 55.4 Å². The molecule has 0 aliphatic carbocycles. The summed E-state index contributed by atoms with van der Waals surface area (Å²) in [5.41, 5.74) is 0.473. The molecule has 5 heteroatoms. The Morgan fingerprint density at radius 2 is 1.61 bits per heavy atom. The predicted octanol–water partition coefficient (Wildman–Crippen LogP) is 3.92.